The minimum absolute atomic E-state index is 0.00837. The van der Waals surface area contributed by atoms with E-state index in [1.807, 2.05) is 4.57 Å². The second kappa shape index (κ2) is 12.1. The number of aromatic nitrogens is 5. The number of nitrogens with zero attached hydrogens (tertiary/aromatic N) is 6. The molecule has 10 nitrogen and oxygen atoms in total. The molecule has 0 unspecified atom stereocenters. The summed E-state index contributed by atoms with van der Waals surface area (Å²) in [7, 11) is 0. The summed E-state index contributed by atoms with van der Waals surface area (Å²) in [6.45, 7) is 3.26. The van der Waals surface area contributed by atoms with Crippen LogP contribution in [0.4, 0.5) is 13.2 Å². The van der Waals surface area contributed by atoms with Gasteiger partial charge in [0.2, 0.25) is 5.88 Å². The SMILES string of the molecule is O=C(O)c1ccc2nc(CN3CCC(Oc4ccnc(Cc5ccc(Cl)cc5C(F)(F)F)n4)CC3)n(C[C@@H]3CCO3)c2n1. The maximum Gasteiger partial charge on any atom is 0.416 e. The molecule has 5 heterocycles. The van der Waals surface area contributed by atoms with Gasteiger partial charge < -0.3 is 19.1 Å². The molecule has 2 aliphatic heterocycles. The van der Waals surface area contributed by atoms with Crippen LogP contribution in [0.5, 0.6) is 5.88 Å². The van der Waals surface area contributed by atoms with Gasteiger partial charge in [-0.15, -0.1) is 0 Å². The van der Waals surface area contributed by atoms with E-state index < -0.39 is 17.7 Å². The quantitative estimate of drug-likeness (QED) is 0.277. The van der Waals surface area contributed by atoms with Crippen LogP contribution in [-0.2, 0) is 30.4 Å². The zero-order valence-electron chi connectivity index (χ0n) is 22.9. The van der Waals surface area contributed by atoms with Gasteiger partial charge in [-0.2, -0.15) is 18.2 Å². The standard InChI is InChI=1S/C29H28ClF3N6O4/c30-18-2-1-17(21(14-18)29(31,32)33)13-24-34-9-5-26(37-24)43-19-6-10-38(11-7-19)16-25-35-22-3-4-23(28(40)41)36-27(22)39(25)15-20-8-12-42-20/h1-5,9,14,19-20H,6-8,10-13,15-16H2,(H,40,41)/t20-/m0/s1. The zero-order chi connectivity index (χ0) is 30.1. The van der Waals surface area contributed by atoms with Gasteiger partial charge in [-0.1, -0.05) is 17.7 Å². The zero-order valence-corrected chi connectivity index (χ0v) is 23.7. The number of ether oxygens (including phenoxy) is 2. The van der Waals surface area contributed by atoms with Gasteiger partial charge in [-0.25, -0.2) is 19.7 Å². The van der Waals surface area contributed by atoms with E-state index in [1.54, 1.807) is 12.1 Å². The Morgan fingerprint density at radius 3 is 2.58 bits per heavy atom. The van der Waals surface area contributed by atoms with Crippen LogP contribution in [0, 0.1) is 0 Å². The monoisotopic (exact) mass is 616 g/mol. The highest BCUT2D eigenvalue weighted by molar-refractivity contribution is 6.30. The molecule has 0 bridgehead atoms. The van der Waals surface area contributed by atoms with E-state index in [-0.39, 0.29) is 40.7 Å². The average Bonchev–Trinajstić information content (AvgIpc) is 3.28. The predicted molar refractivity (Wildman–Crippen MR) is 149 cm³/mol. The van der Waals surface area contributed by atoms with Crippen molar-refractivity contribution in [3.8, 4) is 5.88 Å². The van der Waals surface area contributed by atoms with Gasteiger partial charge in [-0.3, -0.25) is 4.90 Å². The number of hydrogen-bond donors (Lipinski definition) is 1. The summed E-state index contributed by atoms with van der Waals surface area (Å²) in [6, 6.07) is 8.40. The Morgan fingerprint density at radius 2 is 1.88 bits per heavy atom. The molecule has 3 aromatic heterocycles. The molecule has 2 saturated heterocycles. The first-order chi connectivity index (χ1) is 20.6. The number of fused-ring (bicyclic) bond motifs is 1. The Kier molecular flexibility index (Phi) is 8.21. The number of alkyl halides is 3. The molecule has 0 saturated carbocycles. The minimum atomic E-state index is -4.55. The molecule has 1 aromatic carbocycles. The first-order valence-electron chi connectivity index (χ1n) is 13.9. The first-order valence-corrected chi connectivity index (χ1v) is 14.3. The number of aromatic carboxylic acids is 1. The summed E-state index contributed by atoms with van der Waals surface area (Å²) >= 11 is 5.80. The number of likely N-dealkylation sites (tertiary alicyclic amines) is 1. The fourth-order valence-corrected chi connectivity index (χ4v) is 5.51. The molecule has 4 aromatic rings. The molecule has 1 atom stereocenters. The third-order valence-electron chi connectivity index (χ3n) is 7.66. The first kappa shape index (κ1) is 29.3. The smallest absolute Gasteiger partial charge is 0.416 e. The molecular weight excluding hydrogens is 589 g/mol. The van der Waals surface area contributed by atoms with Crippen molar-refractivity contribution < 1.29 is 32.5 Å². The van der Waals surface area contributed by atoms with Crippen molar-refractivity contribution in [1.82, 2.24) is 29.4 Å². The molecule has 226 valence electrons. The molecule has 0 amide bonds. The third-order valence-corrected chi connectivity index (χ3v) is 7.90. The normalized spacial score (nSPS) is 18.1. The van der Waals surface area contributed by atoms with Crippen molar-refractivity contribution in [2.45, 2.75) is 57.2 Å². The van der Waals surface area contributed by atoms with Gasteiger partial charge >= 0.3 is 12.1 Å². The molecule has 2 aliphatic rings. The fourth-order valence-electron chi connectivity index (χ4n) is 5.34. The Morgan fingerprint density at radius 1 is 1.09 bits per heavy atom. The number of halogens is 4. The van der Waals surface area contributed by atoms with E-state index in [9.17, 15) is 23.1 Å². The predicted octanol–water partition coefficient (Wildman–Crippen LogP) is 5.01. The minimum Gasteiger partial charge on any atom is -0.477 e. The van der Waals surface area contributed by atoms with Crippen LogP contribution < -0.4 is 4.74 Å². The summed E-state index contributed by atoms with van der Waals surface area (Å²) in [5, 5.41) is 9.42. The Hall–Kier alpha value is -3.81. The molecule has 0 radical (unpaired) electrons. The lowest BCUT2D eigenvalue weighted by Gasteiger charge is -2.32. The number of rotatable bonds is 9. The molecule has 2 fully saturated rings. The third kappa shape index (κ3) is 6.73. The molecule has 0 spiro atoms. The lowest BCUT2D eigenvalue weighted by molar-refractivity contribution is -0.138. The van der Waals surface area contributed by atoms with Crippen molar-refractivity contribution in [3.63, 3.8) is 0 Å². The fraction of sp³-hybridized carbons (Fsp3) is 0.414. The van der Waals surface area contributed by atoms with E-state index in [4.69, 9.17) is 26.1 Å². The van der Waals surface area contributed by atoms with Crippen LogP contribution in [0.15, 0.2) is 42.6 Å². The van der Waals surface area contributed by atoms with Crippen LogP contribution in [-0.4, -0.2) is 72.4 Å². The molecule has 43 heavy (non-hydrogen) atoms. The molecule has 14 heteroatoms. The van der Waals surface area contributed by atoms with Crippen molar-refractivity contribution >= 4 is 28.7 Å². The number of imidazole rings is 1. The second-order valence-electron chi connectivity index (χ2n) is 10.6. The van der Waals surface area contributed by atoms with Crippen LogP contribution >= 0.6 is 11.6 Å². The lowest BCUT2D eigenvalue weighted by Crippen LogP contribution is -2.39. The van der Waals surface area contributed by atoms with Crippen LogP contribution in [0.2, 0.25) is 5.02 Å². The number of hydrogen-bond acceptors (Lipinski definition) is 8. The summed E-state index contributed by atoms with van der Waals surface area (Å²) in [4.78, 5) is 31.4. The maximum atomic E-state index is 13.5. The van der Waals surface area contributed by atoms with Gasteiger partial charge in [0.1, 0.15) is 23.3 Å². The van der Waals surface area contributed by atoms with Crippen molar-refractivity contribution in [3.05, 3.63) is 76.1 Å². The van der Waals surface area contributed by atoms with Crippen molar-refractivity contribution in [1.29, 1.82) is 0 Å². The Balaban J connectivity index is 1.10. The largest absolute Gasteiger partial charge is 0.477 e. The van der Waals surface area contributed by atoms with E-state index in [1.165, 1.54) is 24.4 Å². The maximum absolute atomic E-state index is 13.5. The van der Waals surface area contributed by atoms with Gasteiger partial charge in [0.25, 0.3) is 0 Å². The lowest BCUT2D eigenvalue weighted by atomic mass is 10.0. The van der Waals surface area contributed by atoms with Crippen molar-refractivity contribution in [2.75, 3.05) is 19.7 Å². The summed E-state index contributed by atoms with van der Waals surface area (Å²) < 4.78 is 54.3. The molecular formula is C29H28ClF3N6O4. The number of carbonyl (C=O) groups is 1. The summed E-state index contributed by atoms with van der Waals surface area (Å²) in [6.07, 6.45) is -0.911. The molecule has 6 rings (SSSR count). The molecule has 1 N–H and O–H groups in total. The highest BCUT2D eigenvalue weighted by Gasteiger charge is 2.34. The highest BCUT2D eigenvalue weighted by atomic mass is 35.5. The van der Waals surface area contributed by atoms with Crippen LogP contribution in [0.25, 0.3) is 11.2 Å². The van der Waals surface area contributed by atoms with Crippen LogP contribution in [0.1, 0.15) is 52.5 Å². The average molecular weight is 617 g/mol. The highest BCUT2D eigenvalue weighted by Crippen LogP contribution is 2.34. The second-order valence-corrected chi connectivity index (χ2v) is 11.1. The number of benzene rings is 1. The number of carboxylic acids is 1. The van der Waals surface area contributed by atoms with E-state index in [2.05, 4.69) is 19.9 Å². The number of carboxylic acid groups (broad SMARTS) is 1. The van der Waals surface area contributed by atoms with E-state index >= 15 is 0 Å². The van der Waals surface area contributed by atoms with Gasteiger partial charge in [0, 0.05) is 43.4 Å². The summed E-state index contributed by atoms with van der Waals surface area (Å²) in [5.41, 5.74) is 0.359. The molecule has 0 aliphatic carbocycles. The number of pyridine rings is 1. The van der Waals surface area contributed by atoms with Gasteiger partial charge in [0.05, 0.1) is 24.8 Å². The number of piperidine rings is 1. The Labute approximate surface area is 249 Å². The van der Waals surface area contributed by atoms with Crippen LogP contribution in [0.3, 0.4) is 0 Å². The Bertz CT molecular complexity index is 1640. The van der Waals surface area contributed by atoms with E-state index in [0.717, 1.165) is 31.4 Å². The topological polar surface area (TPSA) is 115 Å². The summed E-state index contributed by atoms with van der Waals surface area (Å²) in [5.74, 6) is 0.233. The van der Waals surface area contributed by atoms with Gasteiger partial charge in [0.15, 0.2) is 11.3 Å². The van der Waals surface area contributed by atoms with Gasteiger partial charge in [-0.05, 0) is 49.1 Å². The van der Waals surface area contributed by atoms with Crippen molar-refractivity contribution in [2.24, 2.45) is 0 Å². The van der Waals surface area contributed by atoms with E-state index in [0.29, 0.717) is 49.6 Å².